The lowest BCUT2D eigenvalue weighted by Crippen LogP contribution is -2.27. The fraction of sp³-hybridized carbons (Fsp3) is 0.300. The Morgan fingerprint density at radius 3 is 2.84 bits per heavy atom. The molecule has 0 aliphatic carbocycles. The molecule has 25 heavy (non-hydrogen) atoms. The molecule has 0 amide bonds. The zero-order chi connectivity index (χ0) is 17.6. The lowest BCUT2D eigenvalue weighted by Gasteiger charge is -2.30. The molecular formula is C20H21N3O2. The highest BCUT2D eigenvalue weighted by Crippen LogP contribution is 2.41. The van der Waals surface area contributed by atoms with Crippen LogP contribution in [-0.4, -0.2) is 27.2 Å². The summed E-state index contributed by atoms with van der Waals surface area (Å²) in [6.45, 7) is 6.22. The van der Waals surface area contributed by atoms with Crippen molar-refractivity contribution in [3.8, 4) is 11.5 Å². The first-order valence-electron chi connectivity index (χ1n) is 8.37. The Labute approximate surface area is 146 Å². The van der Waals surface area contributed by atoms with Crippen LogP contribution in [0.5, 0.6) is 11.5 Å². The van der Waals surface area contributed by atoms with Gasteiger partial charge in [0.25, 0.3) is 0 Å². The van der Waals surface area contributed by atoms with Crippen LogP contribution in [0, 0.1) is 0 Å². The van der Waals surface area contributed by atoms with E-state index in [9.17, 15) is 0 Å². The highest BCUT2D eigenvalue weighted by Gasteiger charge is 2.26. The van der Waals surface area contributed by atoms with E-state index in [0.29, 0.717) is 0 Å². The number of nitrogens with zero attached hydrogens (tertiary/aromatic N) is 3. The number of rotatable bonds is 3. The number of pyridine rings is 1. The second-order valence-corrected chi connectivity index (χ2v) is 6.81. The minimum Gasteiger partial charge on any atom is -0.496 e. The van der Waals surface area contributed by atoms with Crippen LogP contribution in [-0.2, 0) is 0 Å². The molecule has 1 aromatic carbocycles. The summed E-state index contributed by atoms with van der Waals surface area (Å²) in [5.74, 6) is 1.68. The summed E-state index contributed by atoms with van der Waals surface area (Å²) in [5.41, 5.74) is 3.50. The normalized spacial score (nSPS) is 16.3. The van der Waals surface area contributed by atoms with Gasteiger partial charge in [-0.2, -0.15) is 0 Å². The maximum absolute atomic E-state index is 6.06. The van der Waals surface area contributed by atoms with E-state index >= 15 is 0 Å². The predicted octanol–water partition coefficient (Wildman–Crippen LogP) is 4.23. The van der Waals surface area contributed by atoms with E-state index in [4.69, 9.17) is 9.47 Å². The monoisotopic (exact) mass is 335 g/mol. The topological polar surface area (TPSA) is 49.2 Å². The smallest absolute Gasteiger partial charge is 0.177 e. The number of methoxy groups -OCH3 is 1. The first kappa shape index (κ1) is 15.7. The quantitative estimate of drug-likeness (QED) is 0.718. The molecule has 1 aliphatic heterocycles. The number of fused-ring (bicyclic) bond motifs is 2. The zero-order valence-electron chi connectivity index (χ0n) is 14.9. The van der Waals surface area contributed by atoms with E-state index < -0.39 is 0 Å². The van der Waals surface area contributed by atoms with E-state index in [-0.39, 0.29) is 11.6 Å². The van der Waals surface area contributed by atoms with Crippen molar-refractivity contribution in [2.24, 2.45) is 0 Å². The maximum atomic E-state index is 6.06. The number of benzene rings is 1. The van der Waals surface area contributed by atoms with Gasteiger partial charge in [-0.25, -0.2) is 9.97 Å². The summed E-state index contributed by atoms with van der Waals surface area (Å²) in [4.78, 5) is 8.71. The number of ether oxygens (including phenoxy) is 2. The molecule has 0 saturated heterocycles. The average Bonchev–Trinajstić information content (AvgIpc) is 3.03. The fourth-order valence-electron chi connectivity index (χ4n) is 3.33. The van der Waals surface area contributed by atoms with Crippen molar-refractivity contribution < 1.29 is 9.47 Å². The van der Waals surface area contributed by atoms with E-state index in [2.05, 4.69) is 39.7 Å². The van der Waals surface area contributed by atoms with Crippen molar-refractivity contribution in [1.82, 2.24) is 14.5 Å². The first-order valence-corrected chi connectivity index (χ1v) is 8.37. The third kappa shape index (κ3) is 2.56. The van der Waals surface area contributed by atoms with Gasteiger partial charge >= 0.3 is 0 Å². The molecule has 1 unspecified atom stereocenters. The van der Waals surface area contributed by atoms with Crippen LogP contribution in [0.1, 0.15) is 37.9 Å². The van der Waals surface area contributed by atoms with E-state index in [1.54, 1.807) is 13.3 Å². The van der Waals surface area contributed by atoms with Gasteiger partial charge in [0, 0.05) is 11.8 Å². The van der Waals surface area contributed by atoms with Crippen molar-refractivity contribution >= 4 is 17.2 Å². The van der Waals surface area contributed by atoms with Gasteiger partial charge < -0.3 is 14.0 Å². The standard InChI is InChI=1S/C20H21N3O2/c1-13(23-12-22-19-16(23)6-5-11-21-19)14-7-8-17-15(18(14)24-4)9-10-20(2,3)25-17/h5-13H,1-4H3. The molecule has 0 radical (unpaired) electrons. The molecule has 128 valence electrons. The Morgan fingerprint density at radius 2 is 2.04 bits per heavy atom. The van der Waals surface area contributed by atoms with Gasteiger partial charge in [0.05, 0.1) is 30.6 Å². The van der Waals surface area contributed by atoms with Crippen molar-refractivity contribution in [2.45, 2.75) is 32.4 Å². The SMILES string of the molecule is COc1c(C(C)n2cnc3ncccc32)ccc2c1C=CC(C)(C)O2. The molecule has 0 bridgehead atoms. The Bertz CT molecular complexity index is 972. The number of hydrogen-bond donors (Lipinski definition) is 0. The number of hydrogen-bond acceptors (Lipinski definition) is 4. The zero-order valence-corrected chi connectivity index (χ0v) is 14.9. The second-order valence-electron chi connectivity index (χ2n) is 6.81. The minimum absolute atomic E-state index is 0.0535. The Kier molecular flexibility index (Phi) is 3.53. The average molecular weight is 335 g/mol. The van der Waals surface area contributed by atoms with Crippen LogP contribution in [0.4, 0.5) is 0 Å². The van der Waals surface area contributed by atoms with Crippen LogP contribution in [0.15, 0.2) is 42.9 Å². The third-order valence-electron chi connectivity index (χ3n) is 4.63. The van der Waals surface area contributed by atoms with Crippen LogP contribution < -0.4 is 9.47 Å². The first-order chi connectivity index (χ1) is 12.0. The van der Waals surface area contributed by atoms with Gasteiger partial charge in [0.2, 0.25) is 0 Å². The molecule has 0 spiro atoms. The molecule has 4 rings (SSSR count). The molecule has 3 heterocycles. The lowest BCUT2D eigenvalue weighted by molar-refractivity contribution is 0.158. The highest BCUT2D eigenvalue weighted by atomic mass is 16.5. The van der Waals surface area contributed by atoms with Crippen LogP contribution in [0.2, 0.25) is 0 Å². The van der Waals surface area contributed by atoms with Crippen LogP contribution in [0.3, 0.4) is 0 Å². The summed E-state index contributed by atoms with van der Waals surface area (Å²) >= 11 is 0. The molecule has 5 nitrogen and oxygen atoms in total. The molecule has 3 aromatic rings. The van der Waals surface area contributed by atoms with Gasteiger partial charge in [-0.3, -0.25) is 0 Å². The second kappa shape index (κ2) is 5.62. The molecular weight excluding hydrogens is 314 g/mol. The summed E-state index contributed by atoms with van der Waals surface area (Å²) < 4.78 is 13.9. The summed E-state index contributed by atoms with van der Waals surface area (Å²) in [6.07, 6.45) is 7.73. The van der Waals surface area contributed by atoms with Crippen molar-refractivity contribution in [1.29, 1.82) is 0 Å². The molecule has 1 atom stereocenters. The third-order valence-corrected chi connectivity index (χ3v) is 4.63. The van der Waals surface area contributed by atoms with Gasteiger partial charge in [0.1, 0.15) is 17.1 Å². The highest BCUT2D eigenvalue weighted by molar-refractivity contribution is 5.72. The Hall–Kier alpha value is -2.82. The van der Waals surface area contributed by atoms with E-state index in [1.807, 2.05) is 38.4 Å². The predicted molar refractivity (Wildman–Crippen MR) is 98.1 cm³/mol. The molecule has 0 saturated carbocycles. The summed E-state index contributed by atoms with van der Waals surface area (Å²) in [6, 6.07) is 8.10. The fourth-order valence-corrected chi connectivity index (χ4v) is 3.33. The minimum atomic E-state index is -0.308. The molecule has 1 aliphatic rings. The lowest BCUT2D eigenvalue weighted by atomic mass is 9.97. The largest absolute Gasteiger partial charge is 0.496 e. The number of imidazole rings is 1. The molecule has 5 heteroatoms. The van der Waals surface area contributed by atoms with Gasteiger partial charge in [0.15, 0.2) is 5.65 Å². The van der Waals surface area contributed by atoms with Crippen molar-refractivity contribution in [2.75, 3.05) is 7.11 Å². The van der Waals surface area contributed by atoms with Crippen LogP contribution in [0.25, 0.3) is 17.2 Å². The molecule has 2 aromatic heterocycles. The molecule has 0 fully saturated rings. The van der Waals surface area contributed by atoms with Crippen LogP contribution >= 0.6 is 0 Å². The number of aromatic nitrogens is 3. The van der Waals surface area contributed by atoms with Gasteiger partial charge in [-0.05, 0) is 57.2 Å². The van der Waals surface area contributed by atoms with Crippen molar-refractivity contribution in [3.63, 3.8) is 0 Å². The van der Waals surface area contributed by atoms with E-state index in [1.165, 1.54) is 0 Å². The Balaban J connectivity index is 1.83. The van der Waals surface area contributed by atoms with Crippen molar-refractivity contribution in [3.05, 3.63) is 54.0 Å². The summed E-state index contributed by atoms with van der Waals surface area (Å²) in [7, 11) is 1.70. The maximum Gasteiger partial charge on any atom is 0.177 e. The molecule has 0 N–H and O–H groups in total. The summed E-state index contributed by atoms with van der Waals surface area (Å²) in [5, 5.41) is 0. The van der Waals surface area contributed by atoms with Gasteiger partial charge in [-0.15, -0.1) is 0 Å². The van der Waals surface area contributed by atoms with Gasteiger partial charge in [-0.1, -0.05) is 0 Å². The Morgan fingerprint density at radius 1 is 1.20 bits per heavy atom. The van der Waals surface area contributed by atoms with E-state index in [0.717, 1.165) is 33.8 Å².